The molecule has 130 valence electrons. The molecule has 2 atom stereocenters. The van der Waals surface area contributed by atoms with Crippen molar-refractivity contribution in [3.05, 3.63) is 30.5 Å². The number of rotatable bonds is 3. The van der Waals surface area contributed by atoms with E-state index in [0.717, 1.165) is 23.7 Å². The molecule has 4 rings (SSSR count). The SMILES string of the molecule is Cl.NC1CC2CCCC(C1)C2NC(=O)Cn1ncc2ccccc21. The molecule has 24 heavy (non-hydrogen) atoms. The van der Waals surface area contributed by atoms with Gasteiger partial charge in [0.15, 0.2) is 0 Å². The number of halogens is 1. The molecule has 1 aromatic carbocycles. The average Bonchev–Trinajstić information content (AvgIpc) is 2.91. The van der Waals surface area contributed by atoms with Crippen molar-refractivity contribution in [2.45, 2.75) is 50.7 Å². The first-order valence-electron chi connectivity index (χ1n) is 8.66. The lowest BCUT2D eigenvalue weighted by molar-refractivity contribution is -0.124. The summed E-state index contributed by atoms with van der Waals surface area (Å²) in [6.07, 6.45) is 7.58. The van der Waals surface area contributed by atoms with Crippen molar-refractivity contribution in [1.82, 2.24) is 15.1 Å². The molecular formula is C18H25ClN4O. The van der Waals surface area contributed by atoms with Gasteiger partial charge >= 0.3 is 0 Å². The Labute approximate surface area is 148 Å². The fourth-order valence-corrected chi connectivity index (χ4v) is 4.54. The third-order valence-corrected chi connectivity index (χ3v) is 5.55. The van der Waals surface area contributed by atoms with Gasteiger partial charge in [0, 0.05) is 17.5 Å². The summed E-state index contributed by atoms with van der Waals surface area (Å²) in [6, 6.07) is 8.60. The highest BCUT2D eigenvalue weighted by molar-refractivity contribution is 5.85. The Morgan fingerprint density at radius 3 is 2.71 bits per heavy atom. The molecule has 3 N–H and O–H groups in total. The minimum atomic E-state index is 0. The van der Waals surface area contributed by atoms with Gasteiger partial charge in [0.05, 0.1) is 11.7 Å². The third kappa shape index (κ3) is 3.28. The molecule has 2 aliphatic carbocycles. The summed E-state index contributed by atoms with van der Waals surface area (Å²) >= 11 is 0. The Balaban J connectivity index is 0.00000169. The Morgan fingerprint density at radius 2 is 1.96 bits per heavy atom. The lowest BCUT2D eigenvalue weighted by atomic mass is 9.67. The van der Waals surface area contributed by atoms with Crippen LogP contribution in [-0.2, 0) is 11.3 Å². The van der Waals surface area contributed by atoms with Crippen molar-refractivity contribution >= 4 is 29.2 Å². The van der Waals surface area contributed by atoms with Crippen LogP contribution in [0.3, 0.4) is 0 Å². The maximum absolute atomic E-state index is 12.5. The fourth-order valence-electron chi connectivity index (χ4n) is 4.54. The van der Waals surface area contributed by atoms with E-state index in [2.05, 4.69) is 10.4 Å². The van der Waals surface area contributed by atoms with Gasteiger partial charge in [-0.25, -0.2) is 0 Å². The third-order valence-electron chi connectivity index (χ3n) is 5.55. The molecule has 6 heteroatoms. The number of amides is 1. The van der Waals surface area contributed by atoms with Crippen molar-refractivity contribution in [1.29, 1.82) is 0 Å². The van der Waals surface area contributed by atoms with E-state index in [4.69, 9.17) is 5.73 Å². The molecule has 2 unspecified atom stereocenters. The van der Waals surface area contributed by atoms with Crippen LogP contribution in [0.1, 0.15) is 32.1 Å². The number of hydrogen-bond acceptors (Lipinski definition) is 3. The summed E-state index contributed by atoms with van der Waals surface area (Å²) in [5.41, 5.74) is 7.17. The van der Waals surface area contributed by atoms with Crippen molar-refractivity contribution < 1.29 is 4.79 Å². The van der Waals surface area contributed by atoms with Crippen LogP contribution in [0, 0.1) is 11.8 Å². The van der Waals surface area contributed by atoms with Crippen LogP contribution in [0.15, 0.2) is 30.5 Å². The molecule has 1 heterocycles. The Bertz CT molecular complexity index is 702. The highest BCUT2D eigenvalue weighted by Crippen LogP contribution is 2.39. The number of carbonyl (C=O) groups excluding carboxylic acids is 1. The van der Waals surface area contributed by atoms with Crippen LogP contribution in [0.5, 0.6) is 0 Å². The lowest BCUT2D eigenvalue weighted by Gasteiger charge is -2.45. The molecule has 0 spiro atoms. The minimum absolute atomic E-state index is 0. The number of nitrogens with two attached hydrogens (primary N) is 1. The van der Waals surface area contributed by atoms with E-state index in [1.807, 2.05) is 30.5 Å². The zero-order chi connectivity index (χ0) is 15.8. The minimum Gasteiger partial charge on any atom is -0.351 e. The predicted octanol–water partition coefficient (Wildman–Crippen LogP) is 2.48. The first kappa shape index (κ1) is 17.2. The standard InChI is InChI=1S/C18H24N4O.ClH/c19-15-8-12-5-3-6-13(9-15)18(12)21-17(23)11-22-16-7-2-1-4-14(16)10-20-22;/h1-2,4,7,10,12-13,15,18H,3,5-6,8-9,11,19H2,(H,21,23);1H. The normalized spacial score (nSPS) is 29.0. The number of aromatic nitrogens is 2. The number of para-hydroxylation sites is 1. The van der Waals surface area contributed by atoms with E-state index in [1.54, 1.807) is 4.68 Å². The largest absolute Gasteiger partial charge is 0.351 e. The Morgan fingerprint density at radius 1 is 1.25 bits per heavy atom. The van der Waals surface area contributed by atoms with E-state index in [0.29, 0.717) is 23.9 Å². The van der Waals surface area contributed by atoms with Crippen LogP contribution in [0.25, 0.3) is 10.9 Å². The van der Waals surface area contributed by atoms with Gasteiger partial charge in [-0.1, -0.05) is 24.6 Å². The van der Waals surface area contributed by atoms with E-state index < -0.39 is 0 Å². The quantitative estimate of drug-likeness (QED) is 0.895. The molecule has 2 aliphatic rings. The van der Waals surface area contributed by atoms with Gasteiger partial charge < -0.3 is 11.1 Å². The van der Waals surface area contributed by atoms with E-state index in [9.17, 15) is 4.79 Å². The van der Waals surface area contributed by atoms with Crippen LogP contribution >= 0.6 is 12.4 Å². The number of carbonyl (C=O) groups is 1. The molecule has 1 aromatic heterocycles. The second-order valence-electron chi connectivity index (χ2n) is 7.14. The molecular weight excluding hydrogens is 324 g/mol. The molecule has 1 amide bonds. The number of benzene rings is 1. The summed E-state index contributed by atoms with van der Waals surface area (Å²) in [5, 5.41) is 8.71. The summed E-state index contributed by atoms with van der Waals surface area (Å²) in [4.78, 5) is 12.5. The lowest BCUT2D eigenvalue weighted by Crippen LogP contribution is -2.54. The number of fused-ring (bicyclic) bond motifs is 3. The summed E-state index contributed by atoms with van der Waals surface area (Å²) in [6.45, 7) is 0.287. The maximum Gasteiger partial charge on any atom is 0.241 e. The second-order valence-corrected chi connectivity index (χ2v) is 7.14. The van der Waals surface area contributed by atoms with Gasteiger partial charge in [0.1, 0.15) is 6.54 Å². The molecule has 2 saturated carbocycles. The van der Waals surface area contributed by atoms with Gasteiger partial charge in [-0.15, -0.1) is 12.4 Å². The van der Waals surface area contributed by atoms with Crippen LogP contribution in [0.2, 0.25) is 0 Å². The van der Waals surface area contributed by atoms with E-state index >= 15 is 0 Å². The molecule has 5 nitrogen and oxygen atoms in total. The van der Waals surface area contributed by atoms with Gasteiger partial charge in [0.25, 0.3) is 0 Å². The molecule has 0 saturated heterocycles. The smallest absolute Gasteiger partial charge is 0.241 e. The molecule has 2 fully saturated rings. The van der Waals surface area contributed by atoms with Gasteiger partial charge in [-0.3, -0.25) is 9.48 Å². The van der Waals surface area contributed by atoms with Gasteiger partial charge in [-0.2, -0.15) is 5.10 Å². The van der Waals surface area contributed by atoms with E-state index in [-0.39, 0.29) is 24.9 Å². The van der Waals surface area contributed by atoms with Crippen LogP contribution in [-0.4, -0.2) is 27.8 Å². The monoisotopic (exact) mass is 348 g/mol. The molecule has 0 radical (unpaired) electrons. The van der Waals surface area contributed by atoms with Crippen molar-refractivity contribution in [2.24, 2.45) is 17.6 Å². The van der Waals surface area contributed by atoms with Crippen molar-refractivity contribution in [2.75, 3.05) is 0 Å². The first-order valence-corrected chi connectivity index (χ1v) is 8.66. The van der Waals surface area contributed by atoms with Crippen molar-refractivity contribution in [3.8, 4) is 0 Å². The maximum atomic E-state index is 12.5. The number of nitrogens with one attached hydrogen (secondary N) is 1. The highest BCUT2D eigenvalue weighted by atomic mass is 35.5. The van der Waals surface area contributed by atoms with E-state index in [1.165, 1.54) is 19.3 Å². The zero-order valence-electron chi connectivity index (χ0n) is 13.7. The molecule has 2 aromatic rings. The average molecular weight is 349 g/mol. The summed E-state index contributed by atoms with van der Waals surface area (Å²) in [7, 11) is 0. The van der Waals surface area contributed by atoms with Crippen LogP contribution in [0.4, 0.5) is 0 Å². The highest BCUT2D eigenvalue weighted by Gasteiger charge is 2.39. The summed E-state index contributed by atoms with van der Waals surface area (Å²) < 4.78 is 1.79. The molecule has 2 bridgehead atoms. The topological polar surface area (TPSA) is 72.9 Å². The number of hydrogen-bond donors (Lipinski definition) is 2. The van der Waals surface area contributed by atoms with Crippen molar-refractivity contribution in [3.63, 3.8) is 0 Å². The van der Waals surface area contributed by atoms with Gasteiger partial charge in [0.2, 0.25) is 5.91 Å². The van der Waals surface area contributed by atoms with Gasteiger partial charge in [-0.05, 0) is 43.6 Å². The second kappa shape index (κ2) is 7.11. The summed E-state index contributed by atoms with van der Waals surface area (Å²) in [5.74, 6) is 1.17. The fraction of sp³-hybridized carbons (Fsp3) is 0.556. The van der Waals surface area contributed by atoms with Crippen LogP contribution < -0.4 is 11.1 Å². The molecule has 0 aliphatic heterocycles. The number of nitrogens with zero attached hydrogens (tertiary/aromatic N) is 2. The Kier molecular flexibility index (Phi) is 5.11. The predicted molar refractivity (Wildman–Crippen MR) is 97.0 cm³/mol. The zero-order valence-corrected chi connectivity index (χ0v) is 14.5. The Hall–Kier alpha value is -1.59. The first-order chi connectivity index (χ1) is 11.2.